The lowest BCUT2D eigenvalue weighted by molar-refractivity contribution is -0.119. The summed E-state index contributed by atoms with van der Waals surface area (Å²) in [7, 11) is 0. The number of anilines is 1. The highest BCUT2D eigenvalue weighted by molar-refractivity contribution is 5.80. The van der Waals surface area contributed by atoms with Gasteiger partial charge in [-0.05, 0) is 26.0 Å². The quantitative estimate of drug-likeness (QED) is 0.750. The largest absolute Gasteiger partial charge is 0.361 e. The molecule has 0 saturated heterocycles. The van der Waals surface area contributed by atoms with E-state index in [2.05, 4.69) is 15.6 Å². The third kappa shape index (κ3) is 3.89. The monoisotopic (exact) mass is 193 g/mol. The minimum absolute atomic E-state index is 0.0225. The third-order valence-electron chi connectivity index (χ3n) is 1.54. The number of nitrogens with zero attached hydrogens (tertiary/aromatic N) is 1. The van der Waals surface area contributed by atoms with Gasteiger partial charge in [-0.1, -0.05) is 6.07 Å². The van der Waals surface area contributed by atoms with Crippen LogP contribution in [0.25, 0.3) is 0 Å². The molecule has 0 atom stereocenters. The van der Waals surface area contributed by atoms with Gasteiger partial charge in [0.1, 0.15) is 5.82 Å². The van der Waals surface area contributed by atoms with Crippen LogP contribution in [0.4, 0.5) is 5.82 Å². The molecule has 0 bridgehead atoms. The second kappa shape index (κ2) is 5.21. The molecule has 1 heterocycles. The minimum Gasteiger partial charge on any atom is -0.361 e. The number of carbonyl (C=O) groups is 1. The summed E-state index contributed by atoms with van der Waals surface area (Å²) in [5.74, 6) is 0.692. The molecule has 0 fully saturated rings. The topological polar surface area (TPSA) is 54.0 Å². The highest BCUT2D eigenvalue weighted by Crippen LogP contribution is 1.98. The lowest BCUT2D eigenvalue weighted by Crippen LogP contribution is -2.34. The van der Waals surface area contributed by atoms with Gasteiger partial charge in [-0.25, -0.2) is 4.98 Å². The van der Waals surface area contributed by atoms with E-state index in [0.717, 1.165) is 0 Å². The van der Waals surface area contributed by atoms with E-state index in [1.807, 2.05) is 32.0 Å². The Morgan fingerprint density at radius 1 is 1.50 bits per heavy atom. The molecule has 1 aromatic rings. The molecule has 1 aromatic heterocycles. The van der Waals surface area contributed by atoms with Crippen LogP contribution in [0.1, 0.15) is 13.8 Å². The second-order valence-corrected chi connectivity index (χ2v) is 3.29. The van der Waals surface area contributed by atoms with Gasteiger partial charge >= 0.3 is 0 Å². The van der Waals surface area contributed by atoms with Crippen molar-refractivity contribution in [3.05, 3.63) is 24.4 Å². The zero-order valence-electron chi connectivity index (χ0n) is 8.45. The van der Waals surface area contributed by atoms with Gasteiger partial charge in [0.2, 0.25) is 5.91 Å². The fourth-order valence-electron chi connectivity index (χ4n) is 1.01. The van der Waals surface area contributed by atoms with Gasteiger partial charge in [-0.3, -0.25) is 4.79 Å². The number of pyridine rings is 1. The van der Waals surface area contributed by atoms with Crippen LogP contribution < -0.4 is 10.6 Å². The van der Waals surface area contributed by atoms with Crippen molar-refractivity contribution >= 4 is 11.7 Å². The molecule has 0 aliphatic rings. The SMILES string of the molecule is CC(C)NC(=O)CNc1ccccn1. The Bertz CT molecular complexity index is 285. The summed E-state index contributed by atoms with van der Waals surface area (Å²) in [6, 6.07) is 5.70. The molecule has 0 aliphatic carbocycles. The van der Waals surface area contributed by atoms with Crippen LogP contribution in [0.2, 0.25) is 0 Å². The molecule has 0 aliphatic heterocycles. The predicted octanol–water partition coefficient (Wildman–Crippen LogP) is 1.02. The molecule has 4 nitrogen and oxygen atoms in total. The van der Waals surface area contributed by atoms with Crippen molar-refractivity contribution < 1.29 is 4.79 Å². The average Bonchev–Trinajstić information content (AvgIpc) is 2.15. The van der Waals surface area contributed by atoms with Gasteiger partial charge < -0.3 is 10.6 Å². The summed E-state index contributed by atoms with van der Waals surface area (Å²) in [6.07, 6.45) is 1.68. The predicted molar refractivity (Wildman–Crippen MR) is 56.0 cm³/mol. The molecule has 0 radical (unpaired) electrons. The molecule has 1 amide bonds. The van der Waals surface area contributed by atoms with E-state index >= 15 is 0 Å². The first-order chi connectivity index (χ1) is 6.68. The Morgan fingerprint density at radius 3 is 2.86 bits per heavy atom. The van der Waals surface area contributed by atoms with Gasteiger partial charge in [0.25, 0.3) is 0 Å². The number of rotatable bonds is 4. The normalized spacial score (nSPS) is 9.93. The average molecular weight is 193 g/mol. The molecule has 0 unspecified atom stereocenters. The van der Waals surface area contributed by atoms with Crippen molar-refractivity contribution in [1.82, 2.24) is 10.3 Å². The van der Waals surface area contributed by atoms with E-state index in [1.54, 1.807) is 6.20 Å². The van der Waals surface area contributed by atoms with Crippen molar-refractivity contribution in [3.8, 4) is 0 Å². The van der Waals surface area contributed by atoms with Gasteiger partial charge in [-0.15, -0.1) is 0 Å². The fourth-order valence-corrected chi connectivity index (χ4v) is 1.01. The summed E-state index contributed by atoms with van der Waals surface area (Å²) < 4.78 is 0. The number of hydrogen-bond acceptors (Lipinski definition) is 3. The van der Waals surface area contributed by atoms with Crippen LogP contribution in [0, 0.1) is 0 Å². The molecule has 2 N–H and O–H groups in total. The first-order valence-corrected chi connectivity index (χ1v) is 4.63. The highest BCUT2D eigenvalue weighted by Gasteiger charge is 2.02. The van der Waals surface area contributed by atoms with Crippen LogP contribution in [0.5, 0.6) is 0 Å². The second-order valence-electron chi connectivity index (χ2n) is 3.29. The van der Waals surface area contributed by atoms with Gasteiger partial charge in [-0.2, -0.15) is 0 Å². The molecule has 76 valence electrons. The maximum Gasteiger partial charge on any atom is 0.239 e. The number of hydrogen-bond donors (Lipinski definition) is 2. The Labute approximate surface area is 83.7 Å². The molecule has 1 rings (SSSR count). The Morgan fingerprint density at radius 2 is 2.29 bits per heavy atom. The summed E-state index contributed by atoms with van der Waals surface area (Å²) in [5.41, 5.74) is 0. The number of nitrogens with one attached hydrogen (secondary N) is 2. The Balaban J connectivity index is 2.31. The van der Waals surface area contributed by atoms with Crippen LogP contribution in [-0.4, -0.2) is 23.5 Å². The maximum atomic E-state index is 11.2. The zero-order chi connectivity index (χ0) is 10.4. The van der Waals surface area contributed by atoms with Gasteiger partial charge in [0, 0.05) is 12.2 Å². The van der Waals surface area contributed by atoms with Crippen molar-refractivity contribution in [2.75, 3.05) is 11.9 Å². The highest BCUT2D eigenvalue weighted by atomic mass is 16.1. The molecule has 0 spiro atoms. The van der Waals surface area contributed by atoms with Crippen LogP contribution in [0.15, 0.2) is 24.4 Å². The minimum atomic E-state index is -0.0225. The van der Waals surface area contributed by atoms with E-state index in [9.17, 15) is 4.79 Å². The van der Waals surface area contributed by atoms with Gasteiger partial charge in [0.15, 0.2) is 0 Å². The third-order valence-corrected chi connectivity index (χ3v) is 1.54. The van der Waals surface area contributed by atoms with Crippen LogP contribution in [0.3, 0.4) is 0 Å². The van der Waals surface area contributed by atoms with Crippen molar-refractivity contribution in [3.63, 3.8) is 0 Å². The summed E-state index contributed by atoms with van der Waals surface area (Å²) >= 11 is 0. The van der Waals surface area contributed by atoms with Crippen molar-refractivity contribution in [2.45, 2.75) is 19.9 Å². The Kier molecular flexibility index (Phi) is 3.91. The summed E-state index contributed by atoms with van der Waals surface area (Å²) in [5, 5.41) is 5.71. The maximum absolute atomic E-state index is 11.2. The Hall–Kier alpha value is -1.58. The zero-order valence-corrected chi connectivity index (χ0v) is 8.45. The number of amides is 1. The number of carbonyl (C=O) groups excluding carboxylic acids is 1. The summed E-state index contributed by atoms with van der Waals surface area (Å²) in [4.78, 5) is 15.3. The summed E-state index contributed by atoms with van der Waals surface area (Å²) in [6.45, 7) is 4.12. The van der Waals surface area contributed by atoms with E-state index in [4.69, 9.17) is 0 Å². The smallest absolute Gasteiger partial charge is 0.239 e. The lowest BCUT2D eigenvalue weighted by Gasteiger charge is -2.09. The molecular weight excluding hydrogens is 178 g/mol. The molecule has 4 heteroatoms. The molecule has 0 aromatic carbocycles. The molecule has 0 saturated carbocycles. The van der Waals surface area contributed by atoms with Crippen LogP contribution in [-0.2, 0) is 4.79 Å². The van der Waals surface area contributed by atoms with Gasteiger partial charge in [0.05, 0.1) is 6.54 Å². The van der Waals surface area contributed by atoms with E-state index in [0.29, 0.717) is 5.82 Å². The van der Waals surface area contributed by atoms with Crippen molar-refractivity contribution in [1.29, 1.82) is 0 Å². The van der Waals surface area contributed by atoms with E-state index < -0.39 is 0 Å². The lowest BCUT2D eigenvalue weighted by atomic mass is 10.4. The fraction of sp³-hybridized carbons (Fsp3) is 0.400. The van der Waals surface area contributed by atoms with Crippen LogP contribution >= 0.6 is 0 Å². The number of aromatic nitrogens is 1. The van der Waals surface area contributed by atoms with Crippen molar-refractivity contribution in [2.24, 2.45) is 0 Å². The molecular formula is C10H15N3O. The van der Waals surface area contributed by atoms with E-state index in [1.165, 1.54) is 0 Å². The molecule has 14 heavy (non-hydrogen) atoms. The standard InChI is InChI=1S/C10H15N3O/c1-8(2)13-10(14)7-12-9-5-3-4-6-11-9/h3-6,8H,7H2,1-2H3,(H,11,12)(H,13,14). The first kappa shape index (κ1) is 10.5. The van der Waals surface area contributed by atoms with E-state index in [-0.39, 0.29) is 18.5 Å². The first-order valence-electron chi connectivity index (χ1n) is 4.63.